The Labute approximate surface area is 183 Å². The van der Waals surface area contributed by atoms with Crippen LogP contribution in [0.15, 0.2) is 30.5 Å². The van der Waals surface area contributed by atoms with Crippen molar-refractivity contribution < 1.29 is 22.8 Å². The highest BCUT2D eigenvalue weighted by Gasteiger charge is 2.31. The van der Waals surface area contributed by atoms with Gasteiger partial charge in [0.05, 0.1) is 11.4 Å². The van der Waals surface area contributed by atoms with Crippen molar-refractivity contribution in [3.8, 4) is 0 Å². The van der Waals surface area contributed by atoms with Crippen LogP contribution in [0, 0.1) is 6.92 Å². The molecule has 172 valence electrons. The molecule has 0 aliphatic carbocycles. The number of halogens is 3. The molecule has 32 heavy (non-hydrogen) atoms. The molecule has 1 aliphatic rings. The SMILES string of the molecule is CNC(=O)c1ccc(N2CCN(Cc3ccnc(NC(=O)CC(F)(F)F)c3)CC2)c(C)n1. The van der Waals surface area contributed by atoms with Gasteiger partial charge >= 0.3 is 6.18 Å². The van der Waals surface area contributed by atoms with Crippen molar-refractivity contribution in [3.05, 3.63) is 47.4 Å². The zero-order chi connectivity index (χ0) is 23.3. The van der Waals surface area contributed by atoms with Gasteiger partial charge in [-0.05, 0) is 36.8 Å². The number of carbonyl (C=O) groups is 2. The molecule has 11 heteroatoms. The summed E-state index contributed by atoms with van der Waals surface area (Å²) in [4.78, 5) is 36.0. The fourth-order valence-corrected chi connectivity index (χ4v) is 3.56. The molecule has 0 unspecified atom stereocenters. The molecule has 2 aromatic rings. The number of amides is 2. The fourth-order valence-electron chi connectivity index (χ4n) is 3.56. The predicted octanol–water partition coefficient (Wildman–Crippen LogP) is 2.36. The van der Waals surface area contributed by atoms with E-state index in [1.165, 1.54) is 6.20 Å². The smallest absolute Gasteiger partial charge is 0.368 e. The van der Waals surface area contributed by atoms with Crippen molar-refractivity contribution in [1.29, 1.82) is 0 Å². The summed E-state index contributed by atoms with van der Waals surface area (Å²) < 4.78 is 37.0. The molecule has 3 heterocycles. The van der Waals surface area contributed by atoms with E-state index in [0.717, 1.165) is 43.1 Å². The van der Waals surface area contributed by atoms with Gasteiger partial charge in [0.25, 0.3) is 5.91 Å². The summed E-state index contributed by atoms with van der Waals surface area (Å²) in [6, 6.07) is 6.98. The quantitative estimate of drug-likeness (QED) is 0.702. The molecule has 0 bridgehead atoms. The molecule has 0 saturated carbocycles. The summed E-state index contributed by atoms with van der Waals surface area (Å²) in [6.45, 7) is 5.54. The number of alkyl halides is 3. The minimum atomic E-state index is -4.56. The standard InChI is InChI=1S/C21H25F3N6O2/c1-14-17(4-3-16(27-14)20(32)25-2)30-9-7-29(8-10-30)13-15-5-6-26-18(11-15)28-19(31)12-21(22,23)24/h3-6,11H,7-10,12-13H2,1-2H3,(H,25,32)(H,26,28,31). The van der Waals surface area contributed by atoms with Crippen LogP contribution in [0.2, 0.25) is 0 Å². The van der Waals surface area contributed by atoms with Gasteiger partial charge in [0.1, 0.15) is 17.9 Å². The van der Waals surface area contributed by atoms with Crippen molar-refractivity contribution in [1.82, 2.24) is 20.2 Å². The van der Waals surface area contributed by atoms with Gasteiger partial charge in [0.2, 0.25) is 5.91 Å². The van der Waals surface area contributed by atoms with Crippen LogP contribution in [0.5, 0.6) is 0 Å². The average molecular weight is 450 g/mol. The van der Waals surface area contributed by atoms with Crippen LogP contribution in [0.25, 0.3) is 0 Å². The van der Waals surface area contributed by atoms with Gasteiger partial charge in [-0.15, -0.1) is 0 Å². The maximum atomic E-state index is 12.3. The topological polar surface area (TPSA) is 90.5 Å². The number of hydrogen-bond donors (Lipinski definition) is 2. The van der Waals surface area contributed by atoms with Crippen LogP contribution in [0.1, 0.15) is 28.2 Å². The summed E-state index contributed by atoms with van der Waals surface area (Å²) in [5.41, 5.74) is 3.00. The Morgan fingerprint density at radius 2 is 1.84 bits per heavy atom. The fraction of sp³-hybridized carbons (Fsp3) is 0.429. The second kappa shape index (κ2) is 9.94. The first-order valence-corrected chi connectivity index (χ1v) is 10.1. The molecular weight excluding hydrogens is 425 g/mol. The lowest BCUT2D eigenvalue weighted by atomic mass is 10.2. The molecular formula is C21H25F3N6O2. The van der Waals surface area contributed by atoms with E-state index in [-0.39, 0.29) is 11.7 Å². The zero-order valence-electron chi connectivity index (χ0n) is 17.9. The number of aryl methyl sites for hydroxylation is 1. The number of nitrogens with zero attached hydrogens (tertiary/aromatic N) is 4. The maximum Gasteiger partial charge on any atom is 0.397 e. The van der Waals surface area contributed by atoms with Gasteiger partial charge in [-0.2, -0.15) is 13.2 Å². The number of aromatic nitrogens is 2. The summed E-state index contributed by atoms with van der Waals surface area (Å²) >= 11 is 0. The minimum absolute atomic E-state index is 0.105. The lowest BCUT2D eigenvalue weighted by Gasteiger charge is -2.36. The first-order chi connectivity index (χ1) is 15.1. The van der Waals surface area contributed by atoms with Crippen LogP contribution in [-0.4, -0.2) is 66.1 Å². The summed E-state index contributed by atoms with van der Waals surface area (Å²) in [5.74, 6) is -1.26. The van der Waals surface area contributed by atoms with Crippen LogP contribution in [0.3, 0.4) is 0 Å². The van der Waals surface area contributed by atoms with E-state index < -0.39 is 18.5 Å². The first kappa shape index (κ1) is 23.5. The normalized spacial score (nSPS) is 14.8. The Kier molecular flexibility index (Phi) is 7.29. The molecule has 0 radical (unpaired) electrons. The Hall–Kier alpha value is -3.21. The van der Waals surface area contributed by atoms with Crippen molar-refractivity contribution in [3.63, 3.8) is 0 Å². The first-order valence-electron chi connectivity index (χ1n) is 10.1. The number of hydrogen-bond acceptors (Lipinski definition) is 6. The van der Waals surface area contributed by atoms with E-state index in [0.29, 0.717) is 12.2 Å². The maximum absolute atomic E-state index is 12.3. The third kappa shape index (κ3) is 6.39. The molecule has 1 fully saturated rings. The van der Waals surface area contributed by atoms with E-state index >= 15 is 0 Å². The van der Waals surface area contributed by atoms with Crippen molar-refractivity contribution in [2.24, 2.45) is 0 Å². The summed E-state index contributed by atoms with van der Waals surface area (Å²) in [5, 5.41) is 4.76. The molecule has 0 atom stereocenters. The van der Waals surface area contributed by atoms with E-state index in [4.69, 9.17) is 0 Å². The number of pyridine rings is 2. The van der Waals surface area contributed by atoms with Gasteiger partial charge in [-0.3, -0.25) is 14.5 Å². The molecule has 2 N–H and O–H groups in total. The third-order valence-corrected chi connectivity index (χ3v) is 5.09. The Balaban J connectivity index is 1.55. The molecule has 2 amide bonds. The highest BCUT2D eigenvalue weighted by atomic mass is 19.4. The van der Waals surface area contributed by atoms with Crippen molar-refractivity contribution in [2.45, 2.75) is 26.1 Å². The molecule has 0 spiro atoms. The van der Waals surface area contributed by atoms with Crippen LogP contribution >= 0.6 is 0 Å². The van der Waals surface area contributed by atoms with Crippen molar-refractivity contribution in [2.75, 3.05) is 43.4 Å². The molecule has 3 rings (SSSR count). The van der Waals surface area contributed by atoms with Gasteiger partial charge in [0, 0.05) is 46.0 Å². The van der Waals surface area contributed by atoms with Crippen LogP contribution < -0.4 is 15.5 Å². The van der Waals surface area contributed by atoms with Gasteiger partial charge in [0.15, 0.2) is 0 Å². The largest absolute Gasteiger partial charge is 0.397 e. The second-order valence-corrected chi connectivity index (χ2v) is 7.53. The van der Waals surface area contributed by atoms with E-state index in [1.807, 2.05) is 13.0 Å². The minimum Gasteiger partial charge on any atom is -0.368 e. The van der Waals surface area contributed by atoms with E-state index in [2.05, 4.69) is 30.4 Å². The molecule has 1 aliphatic heterocycles. The number of piperazine rings is 1. The predicted molar refractivity (Wildman–Crippen MR) is 113 cm³/mol. The molecule has 1 saturated heterocycles. The van der Waals surface area contributed by atoms with Gasteiger partial charge < -0.3 is 15.5 Å². The van der Waals surface area contributed by atoms with E-state index in [9.17, 15) is 22.8 Å². The number of rotatable bonds is 6. The lowest BCUT2D eigenvalue weighted by Crippen LogP contribution is -2.46. The van der Waals surface area contributed by atoms with E-state index in [1.54, 1.807) is 25.2 Å². The highest BCUT2D eigenvalue weighted by Crippen LogP contribution is 2.22. The Bertz CT molecular complexity index is 974. The average Bonchev–Trinajstić information content (AvgIpc) is 2.72. The monoisotopic (exact) mass is 450 g/mol. The zero-order valence-corrected chi connectivity index (χ0v) is 17.9. The Morgan fingerprint density at radius 1 is 1.12 bits per heavy atom. The van der Waals surface area contributed by atoms with Crippen LogP contribution in [0.4, 0.5) is 24.7 Å². The summed E-state index contributed by atoms with van der Waals surface area (Å²) in [6.07, 6.45) is -4.63. The Morgan fingerprint density at radius 3 is 2.47 bits per heavy atom. The number of nitrogens with one attached hydrogen (secondary N) is 2. The van der Waals surface area contributed by atoms with Crippen molar-refractivity contribution >= 4 is 23.3 Å². The van der Waals surface area contributed by atoms with Gasteiger partial charge in [-0.1, -0.05) is 0 Å². The highest BCUT2D eigenvalue weighted by molar-refractivity contribution is 5.92. The number of carbonyl (C=O) groups excluding carboxylic acids is 2. The third-order valence-electron chi connectivity index (χ3n) is 5.09. The number of anilines is 2. The lowest BCUT2D eigenvalue weighted by molar-refractivity contribution is -0.150. The summed E-state index contributed by atoms with van der Waals surface area (Å²) in [7, 11) is 1.56. The second-order valence-electron chi connectivity index (χ2n) is 7.53. The molecule has 2 aromatic heterocycles. The van der Waals surface area contributed by atoms with Gasteiger partial charge in [-0.25, -0.2) is 9.97 Å². The van der Waals surface area contributed by atoms with Crippen LogP contribution in [-0.2, 0) is 11.3 Å². The molecule has 8 nitrogen and oxygen atoms in total. The molecule has 0 aromatic carbocycles.